The summed E-state index contributed by atoms with van der Waals surface area (Å²) in [5.41, 5.74) is 0.314. The highest BCUT2D eigenvalue weighted by molar-refractivity contribution is 6.03. The maximum atomic E-state index is 12.6. The standard InChI is InChI=1S/C18H21NO3/c1-19(11-13-6-4-8-16(13)20)18(22)15-10-9-12-5-2-3-7-14(12)17(15)21/h2-3,5,7,9-10,13,16,20-21H,4,6,8,11H2,1H3/t13-,16-/m1/s1. The lowest BCUT2D eigenvalue weighted by Crippen LogP contribution is -2.34. The molecule has 1 amide bonds. The topological polar surface area (TPSA) is 60.8 Å². The van der Waals surface area contributed by atoms with Crippen molar-refractivity contribution in [2.45, 2.75) is 25.4 Å². The largest absolute Gasteiger partial charge is 0.506 e. The average molecular weight is 299 g/mol. The summed E-state index contributed by atoms with van der Waals surface area (Å²) in [7, 11) is 1.72. The Labute approximate surface area is 130 Å². The van der Waals surface area contributed by atoms with Gasteiger partial charge in [0.15, 0.2) is 0 Å². The van der Waals surface area contributed by atoms with Crippen molar-refractivity contribution in [1.29, 1.82) is 0 Å². The molecule has 0 spiro atoms. The van der Waals surface area contributed by atoms with Gasteiger partial charge in [0.1, 0.15) is 5.75 Å². The number of rotatable bonds is 3. The highest BCUT2D eigenvalue weighted by Gasteiger charge is 2.28. The van der Waals surface area contributed by atoms with Gasteiger partial charge in [0, 0.05) is 24.9 Å². The van der Waals surface area contributed by atoms with Crippen LogP contribution in [0.1, 0.15) is 29.6 Å². The molecule has 0 radical (unpaired) electrons. The fourth-order valence-corrected chi connectivity index (χ4v) is 3.30. The molecule has 0 aliphatic heterocycles. The Hall–Kier alpha value is -2.07. The van der Waals surface area contributed by atoms with E-state index >= 15 is 0 Å². The molecule has 1 fully saturated rings. The van der Waals surface area contributed by atoms with E-state index in [2.05, 4.69) is 0 Å². The SMILES string of the molecule is CN(C[C@H]1CCC[C@H]1O)C(=O)c1ccc2ccccc2c1O. The number of aliphatic hydroxyl groups is 1. The smallest absolute Gasteiger partial charge is 0.257 e. The maximum Gasteiger partial charge on any atom is 0.257 e. The number of phenolic OH excluding ortho intramolecular Hbond substituents is 1. The van der Waals surface area contributed by atoms with Gasteiger partial charge in [0.2, 0.25) is 0 Å². The zero-order valence-corrected chi connectivity index (χ0v) is 12.7. The summed E-state index contributed by atoms with van der Waals surface area (Å²) >= 11 is 0. The van der Waals surface area contributed by atoms with Crippen LogP contribution in [0.25, 0.3) is 10.8 Å². The third kappa shape index (κ3) is 2.66. The molecule has 4 nitrogen and oxygen atoms in total. The number of fused-ring (bicyclic) bond motifs is 1. The predicted molar refractivity (Wildman–Crippen MR) is 85.9 cm³/mol. The number of aromatic hydroxyl groups is 1. The molecule has 2 aromatic carbocycles. The Morgan fingerprint density at radius 2 is 2.00 bits per heavy atom. The van der Waals surface area contributed by atoms with Gasteiger partial charge in [-0.2, -0.15) is 0 Å². The normalized spacial score (nSPS) is 21.2. The second kappa shape index (κ2) is 5.97. The minimum atomic E-state index is -0.319. The molecule has 0 aromatic heterocycles. The lowest BCUT2D eigenvalue weighted by molar-refractivity contribution is 0.0691. The van der Waals surface area contributed by atoms with E-state index < -0.39 is 0 Å². The molecule has 2 N–H and O–H groups in total. The van der Waals surface area contributed by atoms with Crippen LogP contribution >= 0.6 is 0 Å². The van der Waals surface area contributed by atoms with Crippen molar-refractivity contribution in [3.05, 3.63) is 42.0 Å². The van der Waals surface area contributed by atoms with Crippen molar-refractivity contribution in [3.63, 3.8) is 0 Å². The third-order valence-corrected chi connectivity index (χ3v) is 4.61. The Morgan fingerprint density at radius 1 is 1.23 bits per heavy atom. The van der Waals surface area contributed by atoms with Gasteiger partial charge in [-0.1, -0.05) is 36.8 Å². The molecule has 0 heterocycles. The molecule has 1 saturated carbocycles. The van der Waals surface area contributed by atoms with Crippen LogP contribution in [0, 0.1) is 5.92 Å². The molecule has 0 bridgehead atoms. The average Bonchev–Trinajstić information content (AvgIpc) is 2.92. The highest BCUT2D eigenvalue weighted by atomic mass is 16.3. The summed E-state index contributed by atoms with van der Waals surface area (Å²) in [6.45, 7) is 0.520. The third-order valence-electron chi connectivity index (χ3n) is 4.61. The van der Waals surface area contributed by atoms with Gasteiger partial charge in [-0.3, -0.25) is 4.79 Å². The highest BCUT2D eigenvalue weighted by Crippen LogP contribution is 2.30. The van der Waals surface area contributed by atoms with Gasteiger partial charge >= 0.3 is 0 Å². The first kappa shape index (κ1) is 14.9. The fraction of sp³-hybridized carbons (Fsp3) is 0.389. The van der Waals surface area contributed by atoms with Crippen LogP contribution in [-0.4, -0.2) is 40.7 Å². The summed E-state index contributed by atoms with van der Waals surface area (Å²) in [5.74, 6) is -0.0409. The summed E-state index contributed by atoms with van der Waals surface area (Å²) in [5, 5.41) is 21.9. The minimum Gasteiger partial charge on any atom is -0.506 e. The number of carbonyl (C=O) groups is 1. The summed E-state index contributed by atoms with van der Waals surface area (Å²) in [6, 6.07) is 11.0. The van der Waals surface area contributed by atoms with Crippen LogP contribution in [-0.2, 0) is 0 Å². The monoisotopic (exact) mass is 299 g/mol. The number of phenols is 1. The van der Waals surface area contributed by atoms with Crippen molar-refractivity contribution in [1.82, 2.24) is 4.90 Å². The number of nitrogens with zero attached hydrogens (tertiary/aromatic N) is 1. The van der Waals surface area contributed by atoms with E-state index in [1.807, 2.05) is 30.3 Å². The van der Waals surface area contributed by atoms with Crippen LogP contribution in [0.3, 0.4) is 0 Å². The molecule has 116 valence electrons. The van der Waals surface area contributed by atoms with Crippen molar-refractivity contribution in [3.8, 4) is 5.75 Å². The van der Waals surface area contributed by atoms with Gasteiger partial charge in [-0.05, 0) is 24.3 Å². The summed E-state index contributed by atoms with van der Waals surface area (Å²) < 4.78 is 0. The number of aliphatic hydroxyl groups excluding tert-OH is 1. The number of carbonyl (C=O) groups excluding carboxylic acids is 1. The first-order valence-electron chi connectivity index (χ1n) is 7.72. The van der Waals surface area contributed by atoms with E-state index in [1.54, 1.807) is 18.0 Å². The van der Waals surface area contributed by atoms with E-state index in [1.165, 1.54) is 0 Å². The second-order valence-electron chi connectivity index (χ2n) is 6.13. The van der Waals surface area contributed by atoms with Crippen LogP contribution < -0.4 is 0 Å². The first-order valence-corrected chi connectivity index (χ1v) is 7.72. The Balaban J connectivity index is 1.83. The van der Waals surface area contributed by atoms with E-state index in [4.69, 9.17) is 0 Å². The fourth-order valence-electron chi connectivity index (χ4n) is 3.30. The lowest BCUT2D eigenvalue weighted by Gasteiger charge is -2.23. The first-order chi connectivity index (χ1) is 10.6. The van der Waals surface area contributed by atoms with Gasteiger partial charge in [-0.25, -0.2) is 0 Å². The van der Waals surface area contributed by atoms with Crippen molar-refractivity contribution in [2.75, 3.05) is 13.6 Å². The minimum absolute atomic E-state index is 0.0296. The van der Waals surface area contributed by atoms with Crippen LogP contribution in [0.5, 0.6) is 5.75 Å². The second-order valence-corrected chi connectivity index (χ2v) is 6.13. The molecule has 2 atom stereocenters. The van der Waals surface area contributed by atoms with E-state index in [0.717, 1.165) is 24.6 Å². The predicted octanol–water partition coefficient (Wildman–Crippen LogP) is 2.78. The molecular weight excluding hydrogens is 278 g/mol. The van der Waals surface area contributed by atoms with Gasteiger partial charge in [0.25, 0.3) is 5.91 Å². The van der Waals surface area contributed by atoms with Gasteiger partial charge in [-0.15, -0.1) is 0 Å². The van der Waals surface area contributed by atoms with Crippen LogP contribution in [0.2, 0.25) is 0 Å². The van der Waals surface area contributed by atoms with E-state index in [0.29, 0.717) is 17.5 Å². The van der Waals surface area contributed by atoms with Gasteiger partial charge < -0.3 is 15.1 Å². The Bertz CT molecular complexity index is 698. The molecule has 0 unspecified atom stereocenters. The molecule has 1 aliphatic carbocycles. The number of hydrogen-bond donors (Lipinski definition) is 2. The van der Waals surface area contributed by atoms with Crippen molar-refractivity contribution >= 4 is 16.7 Å². The quantitative estimate of drug-likeness (QED) is 0.916. The Morgan fingerprint density at radius 3 is 2.73 bits per heavy atom. The molecule has 1 aliphatic rings. The van der Waals surface area contributed by atoms with E-state index in [9.17, 15) is 15.0 Å². The summed E-state index contributed by atoms with van der Waals surface area (Å²) in [4.78, 5) is 14.2. The van der Waals surface area contributed by atoms with Crippen molar-refractivity contribution < 1.29 is 15.0 Å². The van der Waals surface area contributed by atoms with Crippen LogP contribution in [0.4, 0.5) is 0 Å². The summed E-state index contributed by atoms with van der Waals surface area (Å²) in [6.07, 6.45) is 2.45. The van der Waals surface area contributed by atoms with Crippen molar-refractivity contribution in [2.24, 2.45) is 5.92 Å². The number of amides is 1. The maximum absolute atomic E-state index is 12.6. The molecule has 0 saturated heterocycles. The molecular formula is C18H21NO3. The zero-order valence-electron chi connectivity index (χ0n) is 12.7. The number of benzene rings is 2. The molecule has 22 heavy (non-hydrogen) atoms. The molecule has 3 rings (SSSR count). The van der Waals surface area contributed by atoms with Gasteiger partial charge in [0.05, 0.1) is 11.7 Å². The molecule has 4 heteroatoms. The van der Waals surface area contributed by atoms with E-state index in [-0.39, 0.29) is 23.7 Å². The Kier molecular flexibility index (Phi) is 4.03. The van der Waals surface area contributed by atoms with Crippen LogP contribution in [0.15, 0.2) is 36.4 Å². The zero-order chi connectivity index (χ0) is 15.7. The molecule has 2 aromatic rings. The number of hydrogen-bond acceptors (Lipinski definition) is 3. The lowest BCUT2D eigenvalue weighted by atomic mass is 10.0.